The Labute approximate surface area is 103 Å². The van der Waals surface area contributed by atoms with Crippen LogP contribution in [0, 0.1) is 6.07 Å². The molecule has 6 nitrogen and oxygen atoms in total. The van der Waals surface area contributed by atoms with Gasteiger partial charge in [0.25, 0.3) is 5.91 Å². The second kappa shape index (κ2) is 4.87. The highest BCUT2D eigenvalue weighted by atomic mass is 16.3. The van der Waals surface area contributed by atoms with Crippen molar-refractivity contribution in [1.82, 2.24) is 9.78 Å². The van der Waals surface area contributed by atoms with Crippen LogP contribution in [0.3, 0.4) is 0 Å². The van der Waals surface area contributed by atoms with Gasteiger partial charge >= 0.3 is 0 Å². The molecule has 0 saturated carbocycles. The van der Waals surface area contributed by atoms with Gasteiger partial charge in [-0.3, -0.25) is 14.3 Å². The van der Waals surface area contributed by atoms with Crippen molar-refractivity contribution >= 4 is 11.7 Å². The average molecular weight is 246 g/mol. The number of hydrogen-bond donors (Lipinski definition) is 1. The van der Waals surface area contributed by atoms with Crippen LogP contribution in [0.15, 0.2) is 22.7 Å². The summed E-state index contributed by atoms with van der Waals surface area (Å²) in [6, 6.07) is 6.05. The van der Waals surface area contributed by atoms with Gasteiger partial charge in [-0.1, -0.05) is 0 Å². The highest BCUT2D eigenvalue weighted by Crippen LogP contribution is 2.10. The van der Waals surface area contributed by atoms with E-state index in [1.165, 1.54) is 6.92 Å². The van der Waals surface area contributed by atoms with E-state index in [0.717, 1.165) is 0 Å². The van der Waals surface area contributed by atoms with Crippen LogP contribution < -0.4 is 5.73 Å². The SMILES string of the molecule is CC(=O)c1ccc(CCn2c[c]c(C(N)=O)n2)o1. The molecule has 0 aliphatic carbocycles. The minimum atomic E-state index is -0.606. The number of amides is 1. The maximum Gasteiger partial charge on any atom is 0.269 e. The highest BCUT2D eigenvalue weighted by molar-refractivity contribution is 5.91. The van der Waals surface area contributed by atoms with Crippen molar-refractivity contribution in [3.8, 4) is 0 Å². The maximum atomic E-state index is 11.0. The first kappa shape index (κ1) is 12.1. The summed E-state index contributed by atoms with van der Waals surface area (Å²) in [5, 5.41) is 3.94. The van der Waals surface area contributed by atoms with Gasteiger partial charge in [0, 0.05) is 32.2 Å². The molecule has 0 fully saturated rings. The van der Waals surface area contributed by atoms with Gasteiger partial charge < -0.3 is 10.2 Å². The lowest BCUT2D eigenvalue weighted by Crippen LogP contribution is -2.13. The van der Waals surface area contributed by atoms with Crippen LogP contribution in [-0.4, -0.2) is 21.5 Å². The van der Waals surface area contributed by atoms with Crippen LogP contribution in [0.4, 0.5) is 0 Å². The number of nitrogens with two attached hydrogens (primary N) is 1. The zero-order valence-corrected chi connectivity index (χ0v) is 9.84. The second-order valence-electron chi connectivity index (χ2n) is 3.82. The average Bonchev–Trinajstić information content (AvgIpc) is 2.95. The standard InChI is InChI=1S/C12H12N3O3/c1-8(16)11-3-2-9(18-11)4-6-15-7-5-10(14-15)12(13)17/h2-3,7H,4,6H2,1H3,(H2,13,17). The summed E-state index contributed by atoms with van der Waals surface area (Å²) in [4.78, 5) is 21.9. The predicted octanol–water partition coefficient (Wildman–Crippen LogP) is 0.820. The lowest BCUT2D eigenvalue weighted by molar-refractivity contribution is 0.0980. The van der Waals surface area contributed by atoms with E-state index in [1.54, 1.807) is 23.0 Å². The molecule has 0 saturated heterocycles. The number of nitrogens with zero attached hydrogens (tertiary/aromatic N) is 2. The van der Waals surface area contributed by atoms with Crippen molar-refractivity contribution < 1.29 is 14.0 Å². The molecule has 18 heavy (non-hydrogen) atoms. The summed E-state index contributed by atoms with van der Waals surface area (Å²) >= 11 is 0. The molecule has 2 heterocycles. The fourth-order valence-corrected chi connectivity index (χ4v) is 1.48. The molecule has 0 atom stereocenters. The van der Waals surface area contributed by atoms with Crippen LogP contribution in [0.1, 0.15) is 33.7 Å². The molecule has 93 valence electrons. The van der Waals surface area contributed by atoms with E-state index in [9.17, 15) is 9.59 Å². The quantitative estimate of drug-likeness (QED) is 0.790. The predicted molar refractivity (Wildman–Crippen MR) is 62.0 cm³/mol. The van der Waals surface area contributed by atoms with E-state index >= 15 is 0 Å². The van der Waals surface area contributed by atoms with E-state index < -0.39 is 5.91 Å². The van der Waals surface area contributed by atoms with Crippen molar-refractivity contribution in [3.63, 3.8) is 0 Å². The molecule has 0 bridgehead atoms. The van der Waals surface area contributed by atoms with Crippen molar-refractivity contribution in [2.75, 3.05) is 0 Å². The molecular weight excluding hydrogens is 234 g/mol. The fourth-order valence-electron chi connectivity index (χ4n) is 1.48. The van der Waals surface area contributed by atoms with Crippen LogP contribution in [0.25, 0.3) is 0 Å². The van der Waals surface area contributed by atoms with Gasteiger partial charge in [-0.25, -0.2) is 0 Å². The van der Waals surface area contributed by atoms with Gasteiger partial charge in [0.15, 0.2) is 17.2 Å². The number of aryl methyl sites for hydroxylation is 2. The summed E-state index contributed by atoms with van der Waals surface area (Å²) in [7, 11) is 0. The Hall–Kier alpha value is -2.37. The van der Waals surface area contributed by atoms with Gasteiger partial charge in [-0.05, 0) is 12.1 Å². The fraction of sp³-hybridized carbons (Fsp3) is 0.250. The lowest BCUT2D eigenvalue weighted by Gasteiger charge is -1.98. The van der Waals surface area contributed by atoms with Crippen LogP contribution >= 0.6 is 0 Å². The van der Waals surface area contributed by atoms with E-state index in [1.807, 2.05) is 0 Å². The highest BCUT2D eigenvalue weighted by Gasteiger charge is 2.08. The van der Waals surface area contributed by atoms with Crippen molar-refractivity contribution in [2.45, 2.75) is 19.9 Å². The molecule has 2 rings (SSSR count). The molecular formula is C12H12N3O3. The summed E-state index contributed by atoms with van der Waals surface area (Å²) in [5.41, 5.74) is 5.18. The molecule has 1 radical (unpaired) electrons. The molecule has 0 spiro atoms. The van der Waals surface area contributed by atoms with E-state index in [4.69, 9.17) is 10.2 Å². The summed E-state index contributed by atoms with van der Waals surface area (Å²) < 4.78 is 6.88. The number of primary amides is 1. The first-order chi connectivity index (χ1) is 8.56. The Morgan fingerprint density at radius 3 is 2.83 bits per heavy atom. The number of Topliss-reactive ketones (excluding diaryl/α,β-unsaturated/α-hetero) is 1. The van der Waals surface area contributed by atoms with Crippen molar-refractivity contribution in [2.24, 2.45) is 5.73 Å². The zero-order chi connectivity index (χ0) is 13.1. The zero-order valence-electron chi connectivity index (χ0n) is 9.84. The molecule has 0 aromatic carbocycles. The lowest BCUT2D eigenvalue weighted by atomic mass is 10.3. The maximum absolute atomic E-state index is 11.0. The van der Waals surface area contributed by atoms with Crippen LogP contribution in [0.2, 0.25) is 0 Å². The third-order valence-corrected chi connectivity index (χ3v) is 2.41. The van der Waals surface area contributed by atoms with E-state index in [0.29, 0.717) is 24.5 Å². The van der Waals surface area contributed by atoms with Gasteiger partial charge in [-0.15, -0.1) is 0 Å². The topological polar surface area (TPSA) is 91.1 Å². The molecule has 2 aromatic heterocycles. The summed E-state index contributed by atoms with van der Waals surface area (Å²) in [5.74, 6) is 0.321. The van der Waals surface area contributed by atoms with Gasteiger partial charge in [-0.2, -0.15) is 5.10 Å². The Kier molecular flexibility index (Phi) is 3.27. The molecule has 6 heteroatoms. The number of carbonyl (C=O) groups is 2. The normalized spacial score (nSPS) is 10.5. The minimum absolute atomic E-state index is 0.107. The summed E-state index contributed by atoms with van der Waals surface area (Å²) in [6.45, 7) is 1.97. The second-order valence-corrected chi connectivity index (χ2v) is 3.82. The molecule has 0 aliphatic rings. The first-order valence-electron chi connectivity index (χ1n) is 5.41. The van der Waals surface area contributed by atoms with Gasteiger partial charge in [0.05, 0.1) is 0 Å². The Morgan fingerprint density at radius 1 is 1.50 bits per heavy atom. The Morgan fingerprint density at radius 2 is 2.28 bits per heavy atom. The van der Waals surface area contributed by atoms with Crippen LogP contribution in [-0.2, 0) is 13.0 Å². The molecule has 2 aromatic rings. The number of carbonyl (C=O) groups excluding carboxylic acids is 2. The van der Waals surface area contributed by atoms with E-state index in [-0.39, 0.29) is 11.5 Å². The minimum Gasteiger partial charge on any atom is -0.458 e. The molecule has 1 amide bonds. The molecule has 2 N–H and O–H groups in total. The molecule has 0 unspecified atom stereocenters. The number of ketones is 1. The van der Waals surface area contributed by atoms with Crippen molar-refractivity contribution in [3.05, 3.63) is 41.6 Å². The molecule has 0 aliphatic heterocycles. The first-order valence-corrected chi connectivity index (χ1v) is 5.41. The number of rotatable bonds is 5. The third-order valence-electron chi connectivity index (χ3n) is 2.41. The largest absolute Gasteiger partial charge is 0.458 e. The van der Waals surface area contributed by atoms with Gasteiger partial charge in [0.2, 0.25) is 0 Å². The number of furan rings is 1. The third kappa shape index (κ3) is 2.65. The summed E-state index contributed by atoms with van der Waals surface area (Å²) in [6.07, 6.45) is 2.12. The van der Waals surface area contributed by atoms with E-state index in [2.05, 4.69) is 11.2 Å². The number of aromatic nitrogens is 2. The monoisotopic (exact) mass is 246 g/mol. The van der Waals surface area contributed by atoms with Crippen molar-refractivity contribution in [1.29, 1.82) is 0 Å². The Bertz CT molecular complexity index is 531. The van der Waals surface area contributed by atoms with Gasteiger partial charge in [0.1, 0.15) is 5.76 Å². The smallest absolute Gasteiger partial charge is 0.269 e. The number of hydrogen-bond acceptors (Lipinski definition) is 4. The Balaban J connectivity index is 1.97. The van der Waals surface area contributed by atoms with Crippen LogP contribution in [0.5, 0.6) is 0 Å².